The van der Waals surface area contributed by atoms with Crippen LogP contribution in [-0.4, -0.2) is 37.1 Å². The Hall–Kier alpha value is -0.940. The Morgan fingerprint density at radius 3 is 2.60 bits per heavy atom. The summed E-state index contributed by atoms with van der Waals surface area (Å²) >= 11 is 0. The van der Waals surface area contributed by atoms with Gasteiger partial charge in [0, 0.05) is 31.4 Å². The Labute approximate surface area is 91.0 Å². The average Bonchev–Trinajstić information content (AvgIpc) is 2.18. The molecule has 0 amide bonds. The molecule has 15 heavy (non-hydrogen) atoms. The molecule has 0 aliphatic heterocycles. The van der Waals surface area contributed by atoms with Crippen molar-refractivity contribution in [3.8, 4) is 0 Å². The quantitative estimate of drug-likeness (QED) is 0.752. The fraction of sp³-hybridized carbons (Fsp3) is 0.500. The SMILES string of the molecule is CCN(CCc1ccccn1)S(C)(=O)=O. The van der Waals surface area contributed by atoms with Gasteiger partial charge in [0.05, 0.1) is 6.26 Å². The van der Waals surface area contributed by atoms with Crippen LogP contribution >= 0.6 is 0 Å². The van der Waals surface area contributed by atoms with Crippen LogP contribution in [0.25, 0.3) is 0 Å². The fourth-order valence-corrected chi connectivity index (χ4v) is 2.24. The van der Waals surface area contributed by atoms with E-state index in [0.29, 0.717) is 19.5 Å². The van der Waals surface area contributed by atoms with Gasteiger partial charge in [0.2, 0.25) is 10.0 Å². The Kier molecular flexibility index (Phi) is 4.23. The molecule has 0 atom stereocenters. The number of rotatable bonds is 5. The molecule has 1 rings (SSSR count). The van der Waals surface area contributed by atoms with E-state index in [0.717, 1.165) is 5.69 Å². The van der Waals surface area contributed by atoms with Gasteiger partial charge in [-0.15, -0.1) is 0 Å². The van der Waals surface area contributed by atoms with E-state index in [4.69, 9.17) is 0 Å². The van der Waals surface area contributed by atoms with Gasteiger partial charge in [0.25, 0.3) is 0 Å². The molecule has 1 heterocycles. The van der Waals surface area contributed by atoms with Gasteiger partial charge in [-0.05, 0) is 12.1 Å². The first-order valence-corrected chi connectivity index (χ1v) is 6.74. The molecular formula is C10H16N2O2S. The van der Waals surface area contributed by atoms with Crippen molar-refractivity contribution in [2.75, 3.05) is 19.3 Å². The number of nitrogens with zero attached hydrogens (tertiary/aromatic N) is 2. The van der Waals surface area contributed by atoms with Crippen molar-refractivity contribution in [3.63, 3.8) is 0 Å². The van der Waals surface area contributed by atoms with E-state index in [-0.39, 0.29) is 0 Å². The molecule has 0 fully saturated rings. The normalized spacial score (nSPS) is 11.9. The van der Waals surface area contributed by atoms with E-state index in [1.807, 2.05) is 25.1 Å². The van der Waals surface area contributed by atoms with Crippen LogP contribution < -0.4 is 0 Å². The molecule has 4 nitrogen and oxygen atoms in total. The lowest BCUT2D eigenvalue weighted by molar-refractivity contribution is 0.434. The van der Waals surface area contributed by atoms with Gasteiger partial charge in [-0.2, -0.15) is 0 Å². The molecule has 0 radical (unpaired) electrons. The smallest absolute Gasteiger partial charge is 0.211 e. The number of aromatic nitrogens is 1. The molecule has 1 aromatic heterocycles. The maximum atomic E-state index is 11.3. The second-order valence-electron chi connectivity index (χ2n) is 3.33. The molecule has 0 aliphatic carbocycles. The first-order chi connectivity index (χ1) is 7.04. The van der Waals surface area contributed by atoms with Gasteiger partial charge in [-0.3, -0.25) is 4.98 Å². The highest BCUT2D eigenvalue weighted by Gasteiger charge is 2.13. The van der Waals surface area contributed by atoms with Crippen LogP contribution in [0.1, 0.15) is 12.6 Å². The van der Waals surface area contributed by atoms with Crippen LogP contribution in [0.2, 0.25) is 0 Å². The lowest BCUT2D eigenvalue weighted by Gasteiger charge is -2.17. The zero-order valence-corrected chi connectivity index (χ0v) is 9.87. The molecule has 0 N–H and O–H groups in total. The summed E-state index contributed by atoms with van der Waals surface area (Å²) in [4.78, 5) is 4.15. The van der Waals surface area contributed by atoms with E-state index < -0.39 is 10.0 Å². The van der Waals surface area contributed by atoms with Crippen LogP contribution in [0.5, 0.6) is 0 Å². The maximum absolute atomic E-state index is 11.3. The van der Waals surface area contributed by atoms with E-state index in [9.17, 15) is 8.42 Å². The summed E-state index contributed by atoms with van der Waals surface area (Å²) in [6, 6.07) is 5.65. The zero-order valence-electron chi connectivity index (χ0n) is 9.05. The largest absolute Gasteiger partial charge is 0.261 e. The third kappa shape index (κ3) is 3.97. The summed E-state index contributed by atoms with van der Waals surface area (Å²) in [5.41, 5.74) is 0.916. The molecule has 0 saturated heterocycles. The average molecular weight is 228 g/mol. The highest BCUT2D eigenvalue weighted by molar-refractivity contribution is 7.88. The topological polar surface area (TPSA) is 50.3 Å². The molecule has 5 heteroatoms. The van der Waals surface area contributed by atoms with E-state index >= 15 is 0 Å². The summed E-state index contributed by atoms with van der Waals surface area (Å²) in [6.07, 6.45) is 3.60. The molecule has 0 aliphatic rings. The molecule has 0 unspecified atom stereocenters. The number of hydrogen-bond acceptors (Lipinski definition) is 3. The molecule has 0 spiro atoms. The van der Waals surface area contributed by atoms with Crippen molar-refractivity contribution in [1.82, 2.24) is 9.29 Å². The van der Waals surface area contributed by atoms with Gasteiger partial charge in [-0.1, -0.05) is 13.0 Å². The van der Waals surface area contributed by atoms with Gasteiger partial charge in [0.15, 0.2) is 0 Å². The number of hydrogen-bond donors (Lipinski definition) is 0. The van der Waals surface area contributed by atoms with E-state index in [1.165, 1.54) is 10.6 Å². The molecule has 1 aromatic rings. The molecule has 84 valence electrons. The Morgan fingerprint density at radius 2 is 2.13 bits per heavy atom. The fourth-order valence-electron chi connectivity index (χ4n) is 1.34. The lowest BCUT2D eigenvalue weighted by Crippen LogP contribution is -2.31. The third-order valence-electron chi connectivity index (χ3n) is 2.17. The van der Waals surface area contributed by atoms with Crippen LogP contribution in [0, 0.1) is 0 Å². The first-order valence-electron chi connectivity index (χ1n) is 4.89. The van der Waals surface area contributed by atoms with Gasteiger partial charge in [0.1, 0.15) is 0 Å². The standard InChI is InChI=1S/C10H16N2O2S/c1-3-12(15(2,13)14)9-7-10-6-4-5-8-11-10/h4-6,8H,3,7,9H2,1-2H3. The van der Waals surface area contributed by atoms with Crippen molar-refractivity contribution in [2.24, 2.45) is 0 Å². The third-order valence-corrected chi connectivity index (χ3v) is 3.54. The molecular weight excluding hydrogens is 212 g/mol. The highest BCUT2D eigenvalue weighted by atomic mass is 32.2. The van der Waals surface area contributed by atoms with Crippen LogP contribution in [-0.2, 0) is 16.4 Å². The zero-order chi connectivity index (χ0) is 11.3. The van der Waals surface area contributed by atoms with Crippen molar-refractivity contribution < 1.29 is 8.42 Å². The second-order valence-corrected chi connectivity index (χ2v) is 5.31. The van der Waals surface area contributed by atoms with E-state index in [2.05, 4.69) is 4.98 Å². The van der Waals surface area contributed by atoms with Crippen LogP contribution in [0.3, 0.4) is 0 Å². The highest BCUT2D eigenvalue weighted by Crippen LogP contribution is 2.01. The van der Waals surface area contributed by atoms with E-state index in [1.54, 1.807) is 6.20 Å². The lowest BCUT2D eigenvalue weighted by atomic mass is 10.3. The Morgan fingerprint density at radius 1 is 1.40 bits per heavy atom. The van der Waals surface area contributed by atoms with Crippen LogP contribution in [0.4, 0.5) is 0 Å². The number of likely N-dealkylation sites (N-methyl/N-ethyl adjacent to an activating group) is 1. The van der Waals surface area contributed by atoms with Gasteiger partial charge >= 0.3 is 0 Å². The van der Waals surface area contributed by atoms with Crippen molar-refractivity contribution in [3.05, 3.63) is 30.1 Å². The second kappa shape index (κ2) is 5.23. The summed E-state index contributed by atoms with van der Waals surface area (Å²) in [5, 5.41) is 0. The Balaban J connectivity index is 2.56. The minimum Gasteiger partial charge on any atom is -0.261 e. The van der Waals surface area contributed by atoms with Crippen molar-refractivity contribution in [2.45, 2.75) is 13.3 Å². The number of sulfonamides is 1. The molecule has 0 aromatic carbocycles. The predicted octanol–water partition coefficient (Wildman–Crippen LogP) is 0.906. The first kappa shape index (κ1) is 12.1. The Bertz CT molecular complexity index is 389. The number of pyridine rings is 1. The van der Waals surface area contributed by atoms with Crippen molar-refractivity contribution in [1.29, 1.82) is 0 Å². The maximum Gasteiger partial charge on any atom is 0.211 e. The van der Waals surface area contributed by atoms with Crippen molar-refractivity contribution >= 4 is 10.0 Å². The van der Waals surface area contributed by atoms with Gasteiger partial charge < -0.3 is 0 Å². The summed E-state index contributed by atoms with van der Waals surface area (Å²) < 4.78 is 24.0. The van der Waals surface area contributed by atoms with Crippen LogP contribution in [0.15, 0.2) is 24.4 Å². The summed E-state index contributed by atoms with van der Waals surface area (Å²) in [7, 11) is -3.08. The minimum atomic E-state index is -3.08. The molecule has 0 bridgehead atoms. The molecule has 0 saturated carbocycles. The summed E-state index contributed by atoms with van der Waals surface area (Å²) in [6.45, 7) is 2.83. The monoisotopic (exact) mass is 228 g/mol. The summed E-state index contributed by atoms with van der Waals surface area (Å²) in [5.74, 6) is 0. The van der Waals surface area contributed by atoms with Gasteiger partial charge in [-0.25, -0.2) is 12.7 Å². The predicted molar refractivity (Wildman–Crippen MR) is 60.0 cm³/mol. The minimum absolute atomic E-state index is 0.492.